The summed E-state index contributed by atoms with van der Waals surface area (Å²) in [5, 5.41) is 1.94. The standard InChI is InChI=1S/C17H19NO2S/c1-10-2-3-12-7-13-9-18-16(11-4-5-11)8-15(13)17(21(19)20)14(12)6-10/h7-11H,2-6H2,1H3,(H,19,20). The van der Waals surface area contributed by atoms with Crippen LogP contribution in [-0.2, 0) is 23.9 Å². The topological polar surface area (TPSA) is 50.2 Å². The van der Waals surface area contributed by atoms with E-state index in [2.05, 4.69) is 24.0 Å². The molecule has 2 atom stereocenters. The van der Waals surface area contributed by atoms with Crippen LogP contribution in [0.25, 0.3) is 10.8 Å². The third-order valence-electron chi connectivity index (χ3n) is 4.82. The molecule has 1 saturated carbocycles. The summed E-state index contributed by atoms with van der Waals surface area (Å²) in [6, 6.07) is 4.23. The van der Waals surface area contributed by atoms with Gasteiger partial charge in [0.25, 0.3) is 0 Å². The van der Waals surface area contributed by atoms with Gasteiger partial charge in [-0.25, -0.2) is 4.21 Å². The van der Waals surface area contributed by atoms with E-state index in [9.17, 15) is 8.76 Å². The van der Waals surface area contributed by atoms with Gasteiger partial charge in [0.05, 0.1) is 4.90 Å². The van der Waals surface area contributed by atoms with Crippen LogP contribution < -0.4 is 0 Å². The Kier molecular flexibility index (Phi) is 3.12. The van der Waals surface area contributed by atoms with Crippen molar-refractivity contribution < 1.29 is 8.76 Å². The van der Waals surface area contributed by atoms with Crippen molar-refractivity contribution in [2.45, 2.75) is 49.8 Å². The summed E-state index contributed by atoms with van der Waals surface area (Å²) in [4.78, 5) is 5.19. The van der Waals surface area contributed by atoms with Crippen molar-refractivity contribution in [3.8, 4) is 0 Å². The van der Waals surface area contributed by atoms with Crippen LogP contribution >= 0.6 is 0 Å². The number of pyridine rings is 1. The first-order valence-corrected chi connectivity index (χ1v) is 8.79. The van der Waals surface area contributed by atoms with Gasteiger partial charge < -0.3 is 4.55 Å². The number of aromatic nitrogens is 1. The lowest BCUT2D eigenvalue weighted by atomic mass is 9.83. The highest BCUT2D eigenvalue weighted by Crippen LogP contribution is 2.41. The summed E-state index contributed by atoms with van der Waals surface area (Å²) in [6.07, 6.45) is 7.34. The SMILES string of the molecule is CC1CCc2cc3cnc(C4CC4)cc3c(S(=O)O)c2C1. The van der Waals surface area contributed by atoms with Gasteiger partial charge in [0.15, 0.2) is 11.1 Å². The number of benzene rings is 1. The highest BCUT2D eigenvalue weighted by molar-refractivity contribution is 7.79. The summed E-state index contributed by atoms with van der Waals surface area (Å²) < 4.78 is 21.8. The van der Waals surface area contributed by atoms with Crippen LogP contribution in [0.2, 0.25) is 0 Å². The average Bonchev–Trinajstić information content (AvgIpc) is 3.28. The van der Waals surface area contributed by atoms with E-state index in [0.717, 1.165) is 41.3 Å². The summed E-state index contributed by atoms with van der Waals surface area (Å²) in [6.45, 7) is 2.22. The highest BCUT2D eigenvalue weighted by atomic mass is 32.2. The molecule has 2 aliphatic rings. The van der Waals surface area contributed by atoms with Gasteiger partial charge in [0.2, 0.25) is 0 Å². The Labute approximate surface area is 127 Å². The van der Waals surface area contributed by atoms with Crippen molar-refractivity contribution >= 4 is 21.9 Å². The number of nitrogens with zero attached hydrogens (tertiary/aromatic N) is 1. The molecule has 2 aliphatic carbocycles. The van der Waals surface area contributed by atoms with Crippen molar-refractivity contribution in [1.82, 2.24) is 4.98 Å². The first-order chi connectivity index (χ1) is 10.1. The summed E-state index contributed by atoms with van der Waals surface area (Å²) in [7, 11) is 0. The third kappa shape index (κ3) is 2.30. The van der Waals surface area contributed by atoms with Crippen molar-refractivity contribution in [1.29, 1.82) is 0 Å². The fourth-order valence-electron chi connectivity index (χ4n) is 3.48. The molecule has 0 bridgehead atoms. The van der Waals surface area contributed by atoms with Crippen molar-refractivity contribution in [2.75, 3.05) is 0 Å². The Morgan fingerprint density at radius 3 is 2.81 bits per heavy atom. The van der Waals surface area contributed by atoms with Gasteiger partial charge >= 0.3 is 0 Å². The molecule has 1 heterocycles. The number of rotatable bonds is 2. The van der Waals surface area contributed by atoms with E-state index < -0.39 is 11.1 Å². The predicted octanol–water partition coefficient (Wildman–Crippen LogP) is 3.82. The van der Waals surface area contributed by atoms with Crippen LogP contribution in [0.4, 0.5) is 0 Å². The highest BCUT2D eigenvalue weighted by Gasteiger charge is 2.27. The maximum atomic E-state index is 12.0. The minimum absolute atomic E-state index is 0.560. The first kappa shape index (κ1) is 13.4. The minimum Gasteiger partial charge on any atom is -0.302 e. The monoisotopic (exact) mass is 301 g/mol. The second-order valence-corrected chi connectivity index (χ2v) is 7.45. The van der Waals surface area contributed by atoms with Gasteiger partial charge in [-0.1, -0.05) is 6.92 Å². The van der Waals surface area contributed by atoms with E-state index in [-0.39, 0.29) is 0 Å². The van der Waals surface area contributed by atoms with Crippen LogP contribution in [0.5, 0.6) is 0 Å². The van der Waals surface area contributed by atoms with Gasteiger partial charge in [0.1, 0.15) is 0 Å². The third-order valence-corrected chi connectivity index (χ3v) is 5.64. The lowest BCUT2D eigenvalue weighted by molar-refractivity contribution is 0.493. The fourth-order valence-corrected chi connectivity index (χ4v) is 4.27. The Morgan fingerprint density at radius 1 is 1.29 bits per heavy atom. The first-order valence-electron chi connectivity index (χ1n) is 7.68. The van der Waals surface area contributed by atoms with Crippen LogP contribution in [0, 0.1) is 5.92 Å². The molecule has 0 radical (unpaired) electrons. The largest absolute Gasteiger partial charge is 0.302 e. The molecule has 110 valence electrons. The fraction of sp³-hybridized carbons (Fsp3) is 0.471. The second kappa shape index (κ2) is 4.89. The molecule has 1 fully saturated rings. The summed E-state index contributed by atoms with van der Waals surface area (Å²) in [5.74, 6) is 1.14. The molecular formula is C17H19NO2S. The van der Waals surface area contributed by atoms with E-state index >= 15 is 0 Å². The number of hydrogen-bond donors (Lipinski definition) is 1. The van der Waals surface area contributed by atoms with E-state index in [1.807, 2.05) is 6.20 Å². The number of aryl methyl sites for hydroxylation is 1. The van der Waals surface area contributed by atoms with Crippen LogP contribution in [0.3, 0.4) is 0 Å². The average molecular weight is 301 g/mol. The Hall–Kier alpha value is -1.26. The maximum absolute atomic E-state index is 12.0. The Morgan fingerprint density at radius 2 is 2.10 bits per heavy atom. The van der Waals surface area contributed by atoms with Gasteiger partial charge in [0, 0.05) is 28.6 Å². The molecule has 2 aromatic rings. The molecule has 0 spiro atoms. The zero-order chi connectivity index (χ0) is 14.6. The summed E-state index contributed by atoms with van der Waals surface area (Å²) in [5.41, 5.74) is 3.42. The van der Waals surface area contributed by atoms with Crippen LogP contribution in [-0.4, -0.2) is 13.7 Å². The van der Waals surface area contributed by atoms with Crippen LogP contribution in [0.1, 0.15) is 48.9 Å². The molecule has 21 heavy (non-hydrogen) atoms. The molecule has 4 heteroatoms. The van der Waals surface area contributed by atoms with E-state index in [4.69, 9.17) is 0 Å². The zero-order valence-electron chi connectivity index (χ0n) is 12.1. The molecule has 0 amide bonds. The quantitative estimate of drug-likeness (QED) is 0.858. The molecule has 0 aliphatic heterocycles. The van der Waals surface area contributed by atoms with Gasteiger partial charge in [-0.3, -0.25) is 4.98 Å². The molecule has 0 saturated heterocycles. The molecule has 3 nitrogen and oxygen atoms in total. The lowest BCUT2D eigenvalue weighted by Gasteiger charge is -2.24. The van der Waals surface area contributed by atoms with E-state index in [0.29, 0.717) is 16.7 Å². The van der Waals surface area contributed by atoms with Crippen molar-refractivity contribution in [2.24, 2.45) is 5.92 Å². The molecular weight excluding hydrogens is 282 g/mol. The zero-order valence-corrected chi connectivity index (χ0v) is 12.9. The minimum atomic E-state index is -1.94. The second-order valence-electron chi connectivity index (χ2n) is 6.55. The predicted molar refractivity (Wildman–Crippen MR) is 83.9 cm³/mol. The van der Waals surface area contributed by atoms with Gasteiger partial charge in [-0.2, -0.15) is 0 Å². The van der Waals surface area contributed by atoms with Crippen LogP contribution in [0.15, 0.2) is 23.2 Å². The normalized spacial score (nSPS) is 23.0. The number of hydrogen-bond acceptors (Lipinski definition) is 2. The molecule has 4 rings (SSSR count). The number of fused-ring (bicyclic) bond motifs is 2. The molecule has 1 N–H and O–H groups in total. The van der Waals surface area contributed by atoms with Crippen molar-refractivity contribution in [3.63, 3.8) is 0 Å². The summed E-state index contributed by atoms with van der Waals surface area (Å²) >= 11 is -1.94. The molecule has 1 aromatic heterocycles. The smallest absolute Gasteiger partial charge is 0.187 e. The van der Waals surface area contributed by atoms with E-state index in [1.165, 1.54) is 18.4 Å². The van der Waals surface area contributed by atoms with Gasteiger partial charge in [-0.05, 0) is 61.3 Å². The molecule has 1 aromatic carbocycles. The van der Waals surface area contributed by atoms with Gasteiger partial charge in [-0.15, -0.1) is 0 Å². The maximum Gasteiger partial charge on any atom is 0.187 e. The Balaban J connectivity index is 1.99. The Bertz CT molecular complexity index is 752. The van der Waals surface area contributed by atoms with E-state index in [1.54, 1.807) is 0 Å². The lowest BCUT2D eigenvalue weighted by Crippen LogP contribution is -2.14. The molecule has 2 unspecified atom stereocenters. The van der Waals surface area contributed by atoms with Crippen molar-refractivity contribution in [3.05, 3.63) is 35.2 Å².